The molecule has 6 nitrogen and oxygen atoms in total. The number of halogens is 1. The van der Waals surface area contributed by atoms with Crippen molar-refractivity contribution in [2.24, 2.45) is 5.92 Å². The molecule has 154 valence electrons. The maximum absolute atomic E-state index is 13.2. The fourth-order valence-corrected chi connectivity index (χ4v) is 2.89. The molecule has 0 aliphatic carbocycles. The van der Waals surface area contributed by atoms with Gasteiger partial charge < -0.3 is 20.5 Å². The molecule has 0 fully saturated rings. The predicted molar refractivity (Wildman–Crippen MR) is 104 cm³/mol. The van der Waals surface area contributed by atoms with Crippen molar-refractivity contribution in [2.75, 3.05) is 0 Å². The van der Waals surface area contributed by atoms with Crippen LogP contribution >= 0.6 is 0 Å². The molecule has 0 saturated heterocycles. The van der Waals surface area contributed by atoms with Crippen molar-refractivity contribution in [3.8, 4) is 0 Å². The van der Waals surface area contributed by atoms with Crippen LogP contribution in [0.1, 0.15) is 48.7 Å². The largest absolute Gasteiger partial charge is 0.550 e. The van der Waals surface area contributed by atoms with E-state index in [0.717, 1.165) is 0 Å². The molecule has 0 heterocycles. The molecule has 2 aromatic carbocycles. The van der Waals surface area contributed by atoms with Crippen LogP contribution in [0.5, 0.6) is 0 Å². The van der Waals surface area contributed by atoms with Crippen molar-refractivity contribution in [3.63, 3.8) is 0 Å². The van der Waals surface area contributed by atoms with E-state index >= 15 is 0 Å². The van der Waals surface area contributed by atoms with Crippen LogP contribution in [0, 0.1) is 11.7 Å². The molecule has 0 saturated carbocycles. The summed E-state index contributed by atoms with van der Waals surface area (Å²) in [6, 6.07) is 11.9. The summed E-state index contributed by atoms with van der Waals surface area (Å²) in [6.45, 7) is 3.71. The van der Waals surface area contributed by atoms with E-state index in [1.165, 1.54) is 24.3 Å². The zero-order valence-corrected chi connectivity index (χ0v) is 16.4. The van der Waals surface area contributed by atoms with E-state index in [9.17, 15) is 23.9 Å². The highest BCUT2D eigenvalue weighted by Crippen LogP contribution is 2.19. The van der Waals surface area contributed by atoms with E-state index in [4.69, 9.17) is 0 Å². The van der Waals surface area contributed by atoms with E-state index in [2.05, 4.69) is 10.6 Å². The van der Waals surface area contributed by atoms with Crippen LogP contribution < -0.4 is 15.7 Å². The topological polar surface area (TPSA) is 98.3 Å². The van der Waals surface area contributed by atoms with Crippen molar-refractivity contribution in [1.29, 1.82) is 0 Å². The number of aliphatic carboxylic acids is 1. The van der Waals surface area contributed by atoms with Gasteiger partial charge in [-0.25, -0.2) is 4.39 Å². The molecule has 0 aliphatic rings. The molecular formula is C22H24FN2O4-. The summed E-state index contributed by atoms with van der Waals surface area (Å²) < 4.78 is 13.2. The van der Waals surface area contributed by atoms with E-state index in [-0.39, 0.29) is 5.92 Å². The molecule has 0 spiro atoms. The maximum Gasteiger partial charge on any atom is 0.251 e. The Labute approximate surface area is 169 Å². The second-order valence-corrected chi connectivity index (χ2v) is 6.89. The van der Waals surface area contributed by atoms with Gasteiger partial charge in [0.25, 0.3) is 5.91 Å². The summed E-state index contributed by atoms with van der Waals surface area (Å²) in [6.07, 6.45) is 0.145. The number of carbonyl (C=O) groups excluding carboxylic acids is 3. The Kier molecular flexibility index (Phi) is 7.88. The molecule has 2 aromatic rings. The lowest BCUT2D eigenvalue weighted by Crippen LogP contribution is -2.51. The summed E-state index contributed by atoms with van der Waals surface area (Å²) >= 11 is 0. The molecule has 0 unspecified atom stereocenters. The highest BCUT2D eigenvalue weighted by molar-refractivity contribution is 5.97. The van der Waals surface area contributed by atoms with Gasteiger partial charge in [0, 0.05) is 18.0 Å². The van der Waals surface area contributed by atoms with Gasteiger partial charge in [-0.15, -0.1) is 0 Å². The number of hydrogen-bond donors (Lipinski definition) is 2. The van der Waals surface area contributed by atoms with Crippen molar-refractivity contribution in [3.05, 3.63) is 71.5 Å². The van der Waals surface area contributed by atoms with Gasteiger partial charge in [-0.3, -0.25) is 9.59 Å². The summed E-state index contributed by atoms with van der Waals surface area (Å²) in [5.74, 6) is -2.93. The van der Waals surface area contributed by atoms with E-state index in [1.807, 2.05) is 13.8 Å². The molecule has 3 atom stereocenters. The minimum atomic E-state index is -1.35. The zero-order chi connectivity index (χ0) is 21.4. The molecule has 29 heavy (non-hydrogen) atoms. The van der Waals surface area contributed by atoms with Gasteiger partial charge in [-0.2, -0.15) is 0 Å². The second kappa shape index (κ2) is 10.4. The number of amides is 2. The third kappa shape index (κ3) is 6.41. The van der Waals surface area contributed by atoms with E-state index in [1.54, 1.807) is 30.3 Å². The number of carbonyl (C=O) groups is 3. The Bertz CT molecular complexity index is 840. The minimum absolute atomic E-state index is 0.195. The Hall–Kier alpha value is -3.22. The quantitative estimate of drug-likeness (QED) is 0.674. The van der Waals surface area contributed by atoms with Crippen LogP contribution in [0.2, 0.25) is 0 Å². The lowest BCUT2D eigenvalue weighted by atomic mass is 9.96. The number of carboxylic acid groups (broad SMARTS) is 1. The molecule has 2 N–H and O–H groups in total. The predicted octanol–water partition coefficient (Wildman–Crippen LogP) is 1.97. The Balaban J connectivity index is 2.20. The fourth-order valence-electron chi connectivity index (χ4n) is 2.89. The van der Waals surface area contributed by atoms with Crippen LogP contribution in [-0.4, -0.2) is 23.8 Å². The van der Waals surface area contributed by atoms with Gasteiger partial charge in [0.05, 0.1) is 6.04 Å². The number of benzene rings is 2. The number of hydrogen-bond acceptors (Lipinski definition) is 4. The average Bonchev–Trinajstić information content (AvgIpc) is 2.71. The Morgan fingerprint density at radius 1 is 1.00 bits per heavy atom. The standard InChI is InChI=1S/C22H25FN2O4/c1-3-14(2)20(25-21(28)16-7-5-4-6-8-16)22(29)24-18(13-19(26)27)15-9-11-17(23)12-10-15/h4-12,14,18,20H,3,13H2,1-2H3,(H,24,29)(H,25,28)(H,26,27)/p-1/t14-,18+,20-/m0/s1. The first-order valence-corrected chi connectivity index (χ1v) is 9.43. The first kappa shape index (κ1) is 22.1. The van der Waals surface area contributed by atoms with Crippen LogP contribution in [0.4, 0.5) is 4.39 Å². The SMILES string of the molecule is CC[C@H](C)[C@H](NC(=O)c1ccccc1)C(=O)N[C@H](CC(=O)[O-])c1ccc(F)cc1. The third-order valence-corrected chi connectivity index (χ3v) is 4.78. The lowest BCUT2D eigenvalue weighted by molar-refractivity contribution is -0.306. The minimum Gasteiger partial charge on any atom is -0.550 e. The number of nitrogens with one attached hydrogen (secondary N) is 2. The molecule has 7 heteroatoms. The lowest BCUT2D eigenvalue weighted by Gasteiger charge is -2.27. The first-order valence-electron chi connectivity index (χ1n) is 9.43. The third-order valence-electron chi connectivity index (χ3n) is 4.78. The van der Waals surface area contributed by atoms with E-state index < -0.39 is 42.1 Å². The van der Waals surface area contributed by atoms with Crippen LogP contribution in [-0.2, 0) is 9.59 Å². The van der Waals surface area contributed by atoms with E-state index in [0.29, 0.717) is 17.5 Å². The van der Waals surface area contributed by atoms with Crippen molar-refractivity contribution >= 4 is 17.8 Å². The van der Waals surface area contributed by atoms with Crippen LogP contribution in [0.15, 0.2) is 54.6 Å². The smallest absolute Gasteiger partial charge is 0.251 e. The monoisotopic (exact) mass is 399 g/mol. The molecule has 0 radical (unpaired) electrons. The molecular weight excluding hydrogens is 375 g/mol. The van der Waals surface area contributed by atoms with Gasteiger partial charge in [-0.1, -0.05) is 50.6 Å². The van der Waals surface area contributed by atoms with Gasteiger partial charge in [0.15, 0.2) is 0 Å². The summed E-state index contributed by atoms with van der Waals surface area (Å²) in [5, 5.41) is 16.5. The number of carboxylic acids is 1. The van der Waals surface area contributed by atoms with Gasteiger partial charge >= 0.3 is 0 Å². The average molecular weight is 399 g/mol. The first-order chi connectivity index (χ1) is 13.8. The molecule has 0 aliphatic heterocycles. The zero-order valence-electron chi connectivity index (χ0n) is 16.4. The molecule has 2 amide bonds. The van der Waals surface area contributed by atoms with Gasteiger partial charge in [0.2, 0.25) is 5.91 Å². The molecule has 0 aromatic heterocycles. The Morgan fingerprint density at radius 3 is 2.17 bits per heavy atom. The van der Waals surface area contributed by atoms with Crippen LogP contribution in [0.25, 0.3) is 0 Å². The summed E-state index contributed by atoms with van der Waals surface area (Å²) in [4.78, 5) is 36.6. The highest BCUT2D eigenvalue weighted by Gasteiger charge is 2.28. The maximum atomic E-state index is 13.2. The van der Waals surface area contributed by atoms with Gasteiger partial charge in [0.1, 0.15) is 11.9 Å². The van der Waals surface area contributed by atoms with Crippen LogP contribution in [0.3, 0.4) is 0 Å². The number of rotatable bonds is 9. The fraction of sp³-hybridized carbons (Fsp3) is 0.318. The summed E-state index contributed by atoms with van der Waals surface area (Å²) in [5.41, 5.74) is 0.847. The molecule has 2 rings (SSSR count). The molecule has 0 bridgehead atoms. The van der Waals surface area contributed by atoms with Crippen molar-refractivity contribution in [1.82, 2.24) is 10.6 Å². The summed E-state index contributed by atoms with van der Waals surface area (Å²) in [7, 11) is 0. The second-order valence-electron chi connectivity index (χ2n) is 6.89. The van der Waals surface area contributed by atoms with Crippen molar-refractivity contribution < 1.29 is 23.9 Å². The van der Waals surface area contributed by atoms with Gasteiger partial charge in [-0.05, 0) is 35.7 Å². The highest BCUT2D eigenvalue weighted by atomic mass is 19.1. The Morgan fingerprint density at radius 2 is 1.62 bits per heavy atom. The normalized spacial score (nSPS) is 13.8. The van der Waals surface area contributed by atoms with Crippen molar-refractivity contribution in [2.45, 2.75) is 38.8 Å².